The van der Waals surface area contributed by atoms with E-state index in [0.717, 1.165) is 13.6 Å². The lowest BCUT2D eigenvalue weighted by Crippen LogP contribution is -2.14. The molecule has 1 amide bonds. The fourth-order valence-corrected chi connectivity index (χ4v) is 2.95. The number of halogens is 2. The molecular formula is C14H12BrIN2O. The van der Waals surface area contributed by atoms with Crippen molar-refractivity contribution < 1.29 is 4.79 Å². The Morgan fingerprint density at radius 2 is 2.05 bits per heavy atom. The highest BCUT2D eigenvalue weighted by Gasteiger charge is 2.11. The van der Waals surface area contributed by atoms with E-state index in [1.807, 2.05) is 37.3 Å². The predicted molar refractivity (Wildman–Crippen MR) is 90.4 cm³/mol. The summed E-state index contributed by atoms with van der Waals surface area (Å²) in [6.45, 7) is 1.95. The second-order valence-electron chi connectivity index (χ2n) is 4.18. The van der Waals surface area contributed by atoms with E-state index in [2.05, 4.69) is 43.8 Å². The third kappa shape index (κ3) is 3.48. The van der Waals surface area contributed by atoms with Gasteiger partial charge in [0, 0.05) is 13.6 Å². The summed E-state index contributed by atoms with van der Waals surface area (Å²) >= 11 is 5.59. The maximum Gasteiger partial charge on any atom is 0.255 e. The monoisotopic (exact) mass is 430 g/mol. The van der Waals surface area contributed by atoms with Crippen molar-refractivity contribution in [1.82, 2.24) is 0 Å². The van der Waals surface area contributed by atoms with Crippen LogP contribution in [0.15, 0.2) is 40.9 Å². The Labute approximate surface area is 133 Å². The SMILES string of the molecule is Cc1cc(N)c(NC(=O)c2cccc(I)c2)c(Br)c1. The number of rotatable bonds is 2. The van der Waals surface area contributed by atoms with Gasteiger partial charge in [-0.3, -0.25) is 4.79 Å². The average molecular weight is 431 g/mol. The van der Waals surface area contributed by atoms with Crippen molar-refractivity contribution in [2.75, 3.05) is 11.1 Å². The van der Waals surface area contributed by atoms with E-state index in [0.29, 0.717) is 16.9 Å². The minimum atomic E-state index is -0.172. The lowest BCUT2D eigenvalue weighted by Gasteiger charge is -2.11. The molecule has 0 unspecified atom stereocenters. The van der Waals surface area contributed by atoms with Crippen LogP contribution in [0.4, 0.5) is 11.4 Å². The van der Waals surface area contributed by atoms with E-state index in [-0.39, 0.29) is 5.91 Å². The number of benzene rings is 2. The molecule has 2 aromatic rings. The summed E-state index contributed by atoms with van der Waals surface area (Å²) in [7, 11) is 0. The van der Waals surface area contributed by atoms with Gasteiger partial charge in [0.2, 0.25) is 0 Å². The van der Waals surface area contributed by atoms with Crippen LogP contribution >= 0.6 is 38.5 Å². The van der Waals surface area contributed by atoms with Gasteiger partial charge in [0.05, 0.1) is 11.4 Å². The van der Waals surface area contributed by atoms with Crippen molar-refractivity contribution in [3.05, 3.63) is 55.6 Å². The number of hydrogen-bond acceptors (Lipinski definition) is 2. The van der Waals surface area contributed by atoms with E-state index >= 15 is 0 Å². The van der Waals surface area contributed by atoms with Crippen molar-refractivity contribution in [3.8, 4) is 0 Å². The van der Waals surface area contributed by atoms with Gasteiger partial charge in [-0.1, -0.05) is 6.07 Å². The topological polar surface area (TPSA) is 55.1 Å². The zero-order valence-corrected chi connectivity index (χ0v) is 13.9. The molecule has 5 heteroatoms. The molecular weight excluding hydrogens is 419 g/mol. The van der Waals surface area contributed by atoms with Gasteiger partial charge >= 0.3 is 0 Å². The van der Waals surface area contributed by atoms with E-state index < -0.39 is 0 Å². The van der Waals surface area contributed by atoms with Gasteiger partial charge in [-0.25, -0.2) is 0 Å². The third-order valence-corrected chi connectivity index (χ3v) is 3.89. The van der Waals surface area contributed by atoms with Crippen molar-refractivity contribution in [1.29, 1.82) is 0 Å². The average Bonchev–Trinajstić information content (AvgIpc) is 2.33. The van der Waals surface area contributed by atoms with Crippen LogP contribution in [0.1, 0.15) is 15.9 Å². The van der Waals surface area contributed by atoms with Gasteiger partial charge in [-0.05, 0) is 81.3 Å². The number of carbonyl (C=O) groups is 1. The standard InChI is InChI=1S/C14H12BrIN2O/c1-8-5-11(15)13(12(17)6-8)18-14(19)9-3-2-4-10(16)7-9/h2-7H,17H2,1H3,(H,18,19). The van der Waals surface area contributed by atoms with E-state index in [1.165, 1.54) is 0 Å². The largest absolute Gasteiger partial charge is 0.397 e. The van der Waals surface area contributed by atoms with Crippen molar-refractivity contribution in [2.24, 2.45) is 0 Å². The summed E-state index contributed by atoms with van der Waals surface area (Å²) in [6.07, 6.45) is 0. The van der Waals surface area contributed by atoms with Crippen molar-refractivity contribution >= 4 is 55.8 Å². The quantitative estimate of drug-likeness (QED) is 0.554. The molecule has 98 valence electrons. The van der Waals surface area contributed by atoms with E-state index in [9.17, 15) is 4.79 Å². The number of hydrogen-bond donors (Lipinski definition) is 2. The van der Waals surface area contributed by atoms with Crippen LogP contribution in [0.2, 0.25) is 0 Å². The number of aryl methyl sites for hydroxylation is 1. The smallest absolute Gasteiger partial charge is 0.255 e. The minimum Gasteiger partial charge on any atom is -0.397 e. The molecule has 0 aliphatic rings. The molecule has 0 spiro atoms. The molecule has 0 heterocycles. The zero-order chi connectivity index (χ0) is 14.0. The first-order valence-corrected chi connectivity index (χ1v) is 7.47. The van der Waals surface area contributed by atoms with Gasteiger partial charge in [0.25, 0.3) is 5.91 Å². The van der Waals surface area contributed by atoms with E-state index in [1.54, 1.807) is 6.07 Å². The Bertz CT molecular complexity index is 620. The highest BCUT2D eigenvalue weighted by atomic mass is 127. The summed E-state index contributed by atoms with van der Waals surface area (Å²) in [6, 6.07) is 11.1. The summed E-state index contributed by atoms with van der Waals surface area (Å²) in [5.41, 5.74) is 8.73. The number of nitrogen functional groups attached to an aromatic ring is 1. The molecule has 0 fully saturated rings. The highest BCUT2D eigenvalue weighted by Crippen LogP contribution is 2.30. The van der Waals surface area contributed by atoms with Crippen LogP contribution in [0.25, 0.3) is 0 Å². The molecule has 0 aliphatic carbocycles. The van der Waals surface area contributed by atoms with Gasteiger partial charge in [-0.15, -0.1) is 0 Å². The second-order valence-corrected chi connectivity index (χ2v) is 6.28. The molecule has 0 aromatic heterocycles. The van der Waals surface area contributed by atoms with Crippen LogP contribution in [0.5, 0.6) is 0 Å². The Morgan fingerprint density at radius 3 is 2.68 bits per heavy atom. The Balaban J connectivity index is 2.29. The molecule has 0 radical (unpaired) electrons. The summed E-state index contributed by atoms with van der Waals surface area (Å²) in [4.78, 5) is 12.2. The predicted octanol–water partition coefficient (Wildman–Crippen LogP) is 4.20. The second kappa shape index (κ2) is 5.92. The molecule has 19 heavy (non-hydrogen) atoms. The first-order chi connectivity index (χ1) is 8.97. The lowest BCUT2D eigenvalue weighted by molar-refractivity contribution is 0.102. The molecule has 0 aliphatic heterocycles. The summed E-state index contributed by atoms with van der Waals surface area (Å²) < 4.78 is 1.80. The Morgan fingerprint density at radius 1 is 1.32 bits per heavy atom. The summed E-state index contributed by atoms with van der Waals surface area (Å²) in [5.74, 6) is -0.172. The third-order valence-electron chi connectivity index (χ3n) is 2.59. The number of anilines is 2. The number of nitrogens with two attached hydrogens (primary N) is 1. The maximum absolute atomic E-state index is 12.2. The van der Waals surface area contributed by atoms with Crippen molar-refractivity contribution in [2.45, 2.75) is 6.92 Å². The fraction of sp³-hybridized carbons (Fsp3) is 0.0714. The molecule has 0 atom stereocenters. The Hall–Kier alpha value is -1.08. The highest BCUT2D eigenvalue weighted by molar-refractivity contribution is 14.1. The zero-order valence-electron chi connectivity index (χ0n) is 10.2. The summed E-state index contributed by atoms with van der Waals surface area (Å²) in [5, 5.41) is 2.84. The number of nitrogens with one attached hydrogen (secondary N) is 1. The first-order valence-electron chi connectivity index (χ1n) is 5.60. The molecule has 3 N–H and O–H groups in total. The minimum absolute atomic E-state index is 0.172. The van der Waals surface area contributed by atoms with Crippen molar-refractivity contribution in [3.63, 3.8) is 0 Å². The molecule has 2 rings (SSSR count). The van der Waals surface area contributed by atoms with Gasteiger partial charge < -0.3 is 11.1 Å². The van der Waals surface area contributed by atoms with Crippen LogP contribution < -0.4 is 11.1 Å². The lowest BCUT2D eigenvalue weighted by atomic mass is 10.1. The molecule has 0 bridgehead atoms. The Kier molecular flexibility index (Phi) is 4.46. The van der Waals surface area contributed by atoms with Crippen LogP contribution in [0.3, 0.4) is 0 Å². The van der Waals surface area contributed by atoms with Gasteiger partial charge in [0.15, 0.2) is 0 Å². The molecule has 0 saturated carbocycles. The van der Waals surface area contributed by atoms with E-state index in [4.69, 9.17) is 5.73 Å². The fourth-order valence-electron chi connectivity index (χ4n) is 1.72. The maximum atomic E-state index is 12.2. The molecule has 3 nitrogen and oxygen atoms in total. The van der Waals surface area contributed by atoms with Crippen LogP contribution in [-0.2, 0) is 0 Å². The van der Waals surface area contributed by atoms with Crippen LogP contribution in [0, 0.1) is 10.5 Å². The number of carbonyl (C=O) groups excluding carboxylic acids is 1. The van der Waals surface area contributed by atoms with Gasteiger partial charge in [-0.2, -0.15) is 0 Å². The normalized spacial score (nSPS) is 10.3. The number of amides is 1. The molecule has 2 aromatic carbocycles. The first kappa shape index (κ1) is 14.3. The van der Waals surface area contributed by atoms with Crippen LogP contribution in [-0.4, -0.2) is 5.91 Å². The molecule has 0 saturated heterocycles. The van der Waals surface area contributed by atoms with Gasteiger partial charge in [0.1, 0.15) is 0 Å².